The zero-order valence-corrected chi connectivity index (χ0v) is 10.9. The maximum absolute atomic E-state index is 11.1. The van der Waals surface area contributed by atoms with E-state index in [4.69, 9.17) is 10.8 Å². The van der Waals surface area contributed by atoms with Crippen LogP contribution in [0.2, 0.25) is 0 Å². The first-order valence-electron chi connectivity index (χ1n) is 6.14. The fourth-order valence-electron chi connectivity index (χ4n) is 1.84. The molecular weight excluding hydrogens is 244 g/mol. The lowest BCUT2D eigenvalue weighted by atomic mass is 10.1. The SMILES string of the molecule is CCc1nc(CC)n(-c2ccc(N)c(C(=O)O)c2)n1. The van der Waals surface area contributed by atoms with Crippen molar-refractivity contribution in [3.05, 3.63) is 35.4 Å². The number of aromatic nitrogens is 3. The molecule has 0 saturated heterocycles. The molecule has 1 aromatic heterocycles. The summed E-state index contributed by atoms with van der Waals surface area (Å²) in [4.78, 5) is 15.5. The second-order valence-corrected chi connectivity index (χ2v) is 4.14. The average Bonchev–Trinajstić information content (AvgIpc) is 2.82. The number of aromatic carboxylic acids is 1. The third kappa shape index (κ3) is 2.42. The molecule has 6 heteroatoms. The lowest BCUT2D eigenvalue weighted by Crippen LogP contribution is -2.07. The summed E-state index contributed by atoms with van der Waals surface area (Å²) in [6, 6.07) is 4.84. The van der Waals surface area contributed by atoms with Gasteiger partial charge >= 0.3 is 5.97 Å². The van der Waals surface area contributed by atoms with Crippen molar-refractivity contribution in [1.29, 1.82) is 0 Å². The van der Waals surface area contributed by atoms with Gasteiger partial charge in [-0.2, -0.15) is 5.10 Å². The van der Waals surface area contributed by atoms with E-state index in [-0.39, 0.29) is 11.3 Å². The van der Waals surface area contributed by atoms with Crippen LogP contribution in [0.4, 0.5) is 5.69 Å². The standard InChI is InChI=1S/C13H16N4O2/c1-3-11-15-12(4-2)17(16-11)8-5-6-10(14)9(7-8)13(18)19/h5-7H,3-4,14H2,1-2H3,(H,18,19). The van der Waals surface area contributed by atoms with Crippen molar-refractivity contribution in [3.8, 4) is 5.69 Å². The molecule has 0 unspecified atom stereocenters. The Balaban J connectivity index is 2.55. The van der Waals surface area contributed by atoms with E-state index in [1.807, 2.05) is 13.8 Å². The van der Waals surface area contributed by atoms with E-state index < -0.39 is 5.97 Å². The molecule has 0 amide bonds. The molecule has 6 nitrogen and oxygen atoms in total. The Hall–Kier alpha value is -2.37. The monoisotopic (exact) mass is 260 g/mol. The van der Waals surface area contributed by atoms with E-state index >= 15 is 0 Å². The van der Waals surface area contributed by atoms with Gasteiger partial charge in [-0.25, -0.2) is 14.5 Å². The fourth-order valence-corrected chi connectivity index (χ4v) is 1.84. The van der Waals surface area contributed by atoms with E-state index in [1.165, 1.54) is 6.07 Å². The van der Waals surface area contributed by atoms with Crippen molar-refractivity contribution in [2.45, 2.75) is 26.7 Å². The molecular formula is C13H16N4O2. The molecule has 0 saturated carbocycles. The number of carboxylic acid groups (broad SMARTS) is 1. The number of nitrogens with two attached hydrogens (primary N) is 1. The summed E-state index contributed by atoms with van der Waals surface area (Å²) in [5.41, 5.74) is 6.62. The Morgan fingerprint density at radius 2 is 2.11 bits per heavy atom. The van der Waals surface area contributed by atoms with E-state index in [1.54, 1.807) is 16.8 Å². The smallest absolute Gasteiger partial charge is 0.337 e. The highest BCUT2D eigenvalue weighted by Gasteiger charge is 2.13. The summed E-state index contributed by atoms with van der Waals surface area (Å²) in [7, 11) is 0. The van der Waals surface area contributed by atoms with Crippen LogP contribution in [0.5, 0.6) is 0 Å². The summed E-state index contributed by atoms with van der Waals surface area (Å²) >= 11 is 0. The van der Waals surface area contributed by atoms with Gasteiger partial charge in [-0.05, 0) is 18.2 Å². The predicted molar refractivity (Wildman–Crippen MR) is 71.5 cm³/mol. The van der Waals surface area contributed by atoms with Gasteiger partial charge in [0.1, 0.15) is 5.82 Å². The highest BCUT2D eigenvalue weighted by Crippen LogP contribution is 2.18. The van der Waals surface area contributed by atoms with Gasteiger partial charge in [-0.15, -0.1) is 0 Å². The molecule has 2 aromatic rings. The van der Waals surface area contributed by atoms with Gasteiger partial charge in [0.2, 0.25) is 0 Å². The molecule has 0 spiro atoms. The van der Waals surface area contributed by atoms with Gasteiger partial charge in [-0.3, -0.25) is 0 Å². The van der Waals surface area contributed by atoms with Gasteiger partial charge in [0.25, 0.3) is 0 Å². The summed E-state index contributed by atoms with van der Waals surface area (Å²) in [6.07, 6.45) is 1.46. The Labute approximate surface area is 110 Å². The zero-order chi connectivity index (χ0) is 14.0. The van der Waals surface area contributed by atoms with Crippen LogP contribution in [0.1, 0.15) is 35.9 Å². The van der Waals surface area contributed by atoms with E-state index in [2.05, 4.69) is 10.1 Å². The molecule has 19 heavy (non-hydrogen) atoms. The van der Waals surface area contributed by atoms with Crippen LogP contribution in [-0.2, 0) is 12.8 Å². The van der Waals surface area contributed by atoms with Crippen LogP contribution < -0.4 is 5.73 Å². The quantitative estimate of drug-likeness (QED) is 0.815. The van der Waals surface area contributed by atoms with Crippen LogP contribution >= 0.6 is 0 Å². The van der Waals surface area contributed by atoms with Gasteiger partial charge in [0.15, 0.2) is 5.82 Å². The maximum atomic E-state index is 11.1. The highest BCUT2D eigenvalue weighted by molar-refractivity contribution is 5.94. The molecule has 1 aromatic carbocycles. The van der Waals surface area contributed by atoms with Crippen molar-refractivity contribution >= 4 is 11.7 Å². The average molecular weight is 260 g/mol. The largest absolute Gasteiger partial charge is 0.478 e. The lowest BCUT2D eigenvalue weighted by Gasteiger charge is -2.07. The van der Waals surface area contributed by atoms with Gasteiger partial charge in [0, 0.05) is 18.5 Å². The number of rotatable bonds is 4. The van der Waals surface area contributed by atoms with Crippen molar-refractivity contribution in [2.75, 3.05) is 5.73 Å². The Morgan fingerprint density at radius 1 is 1.37 bits per heavy atom. The molecule has 1 heterocycles. The van der Waals surface area contributed by atoms with Gasteiger partial charge in [0.05, 0.1) is 11.3 Å². The fraction of sp³-hybridized carbons (Fsp3) is 0.308. The molecule has 2 rings (SSSR count). The first-order valence-corrected chi connectivity index (χ1v) is 6.14. The normalized spacial score (nSPS) is 10.6. The molecule has 0 aliphatic rings. The Morgan fingerprint density at radius 3 is 2.68 bits per heavy atom. The number of carbonyl (C=O) groups is 1. The van der Waals surface area contributed by atoms with Crippen LogP contribution in [0.3, 0.4) is 0 Å². The van der Waals surface area contributed by atoms with E-state index in [9.17, 15) is 4.79 Å². The third-order valence-corrected chi connectivity index (χ3v) is 2.86. The molecule has 0 atom stereocenters. The molecule has 0 aliphatic heterocycles. The number of anilines is 1. The van der Waals surface area contributed by atoms with Crippen molar-refractivity contribution in [2.24, 2.45) is 0 Å². The van der Waals surface area contributed by atoms with Crippen molar-refractivity contribution in [1.82, 2.24) is 14.8 Å². The molecule has 0 aliphatic carbocycles. The molecule has 0 fully saturated rings. The summed E-state index contributed by atoms with van der Waals surface area (Å²) < 4.78 is 1.67. The Bertz CT molecular complexity index is 619. The number of hydrogen-bond acceptors (Lipinski definition) is 4. The number of hydrogen-bond donors (Lipinski definition) is 2. The molecule has 0 radical (unpaired) electrons. The number of nitrogen functional groups attached to an aromatic ring is 1. The van der Waals surface area contributed by atoms with E-state index in [0.29, 0.717) is 5.69 Å². The molecule has 0 bridgehead atoms. The minimum Gasteiger partial charge on any atom is -0.478 e. The second-order valence-electron chi connectivity index (χ2n) is 4.14. The highest BCUT2D eigenvalue weighted by atomic mass is 16.4. The van der Waals surface area contributed by atoms with Gasteiger partial charge in [-0.1, -0.05) is 13.8 Å². The van der Waals surface area contributed by atoms with Crippen molar-refractivity contribution in [3.63, 3.8) is 0 Å². The summed E-state index contributed by atoms with van der Waals surface area (Å²) in [6.45, 7) is 3.96. The second kappa shape index (κ2) is 5.09. The van der Waals surface area contributed by atoms with Crippen molar-refractivity contribution < 1.29 is 9.90 Å². The lowest BCUT2D eigenvalue weighted by molar-refractivity contribution is 0.0698. The van der Waals surface area contributed by atoms with E-state index in [0.717, 1.165) is 24.5 Å². The van der Waals surface area contributed by atoms with Crippen LogP contribution in [0.15, 0.2) is 18.2 Å². The van der Waals surface area contributed by atoms with Crippen LogP contribution in [0.25, 0.3) is 5.69 Å². The molecule has 100 valence electrons. The number of nitrogens with zero attached hydrogens (tertiary/aromatic N) is 3. The van der Waals surface area contributed by atoms with Gasteiger partial charge < -0.3 is 10.8 Å². The number of aryl methyl sites for hydroxylation is 2. The summed E-state index contributed by atoms with van der Waals surface area (Å²) in [5.74, 6) is 0.497. The number of benzene rings is 1. The zero-order valence-electron chi connectivity index (χ0n) is 10.9. The predicted octanol–water partition coefficient (Wildman–Crippen LogP) is 1.67. The van der Waals surface area contributed by atoms with Crippen LogP contribution in [-0.4, -0.2) is 25.8 Å². The molecule has 3 N–H and O–H groups in total. The maximum Gasteiger partial charge on any atom is 0.337 e. The Kier molecular flexibility index (Phi) is 3.50. The minimum atomic E-state index is -1.05. The topological polar surface area (TPSA) is 94.0 Å². The first kappa shape index (κ1) is 13.1. The first-order chi connectivity index (χ1) is 9.06. The third-order valence-electron chi connectivity index (χ3n) is 2.86. The minimum absolute atomic E-state index is 0.0769. The number of carboxylic acids is 1. The summed E-state index contributed by atoms with van der Waals surface area (Å²) in [5, 5.41) is 13.5. The van der Waals surface area contributed by atoms with Crippen LogP contribution in [0, 0.1) is 0 Å².